The van der Waals surface area contributed by atoms with Gasteiger partial charge in [0.2, 0.25) is 11.8 Å². The summed E-state index contributed by atoms with van der Waals surface area (Å²) in [6, 6.07) is 12.9. The van der Waals surface area contributed by atoms with Gasteiger partial charge in [-0.25, -0.2) is 10.9 Å². The summed E-state index contributed by atoms with van der Waals surface area (Å²) in [4.78, 5) is 29.5. The summed E-state index contributed by atoms with van der Waals surface area (Å²) in [7, 11) is 3.16. The molecule has 0 saturated carbocycles. The van der Waals surface area contributed by atoms with Gasteiger partial charge in [0.25, 0.3) is 0 Å². The Kier molecular flexibility index (Phi) is 7.37. The Morgan fingerprint density at radius 2 is 1.61 bits per heavy atom. The molecule has 0 bridgehead atoms. The van der Waals surface area contributed by atoms with E-state index in [1.54, 1.807) is 20.3 Å². The lowest BCUT2D eigenvalue weighted by atomic mass is 10.0. The molecule has 176 valence electrons. The molecule has 2 amide bonds. The number of nitrogens with one attached hydrogen (secondary N) is 2. The van der Waals surface area contributed by atoms with Crippen molar-refractivity contribution in [2.24, 2.45) is 0 Å². The molecule has 2 fully saturated rings. The zero-order valence-electron chi connectivity index (χ0n) is 18.8. The molecular formula is C24H29ClN4O4. The standard InChI is InChI=1S/C24H29ClN4O4/c1-32-21-8-3-16(13-22(21)33-2)14-23(30)28-9-11-29(12-10-28)24(31)20-15-19(26-27-20)17-4-6-18(25)7-5-17/h3-8,13,19-20,26-27H,9-12,14-15H2,1-2H3. The third kappa shape index (κ3) is 5.40. The summed E-state index contributed by atoms with van der Waals surface area (Å²) in [6.07, 6.45) is 0.948. The molecule has 2 aromatic carbocycles. The van der Waals surface area contributed by atoms with Crippen molar-refractivity contribution in [3.8, 4) is 11.5 Å². The van der Waals surface area contributed by atoms with Gasteiger partial charge < -0.3 is 19.3 Å². The van der Waals surface area contributed by atoms with Crippen LogP contribution in [0, 0.1) is 0 Å². The summed E-state index contributed by atoms with van der Waals surface area (Å²) in [5, 5.41) is 0.691. The first-order chi connectivity index (χ1) is 16.0. The highest BCUT2D eigenvalue weighted by Crippen LogP contribution is 2.28. The topological polar surface area (TPSA) is 83.1 Å². The number of ether oxygens (including phenoxy) is 2. The van der Waals surface area contributed by atoms with Crippen molar-refractivity contribution in [3.05, 3.63) is 58.6 Å². The lowest BCUT2D eigenvalue weighted by molar-refractivity contribution is -0.140. The average molecular weight is 473 g/mol. The SMILES string of the molecule is COc1ccc(CC(=O)N2CCN(C(=O)C3CC(c4ccc(Cl)cc4)NN3)CC2)cc1OC. The van der Waals surface area contributed by atoms with Crippen molar-refractivity contribution in [2.45, 2.75) is 24.9 Å². The Hall–Kier alpha value is -2.81. The lowest BCUT2D eigenvalue weighted by Gasteiger charge is -2.36. The van der Waals surface area contributed by atoms with Gasteiger partial charge in [-0.2, -0.15) is 0 Å². The first-order valence-corrected chi connectivity index (χ1v) is 11.4. The number of carbonyl (C=O) groups is 2. The number of hydrogen-bond donors (Lipinski definition) is 2. The molecule has 2 aliphatic heterocycles. The van der Waals surface area contributed by atoms with E-state index in [-0.39, 0.29) is 30.3 Å². The van der Waals surface area contributed by atoms with Crippen molar-refractivity contribution < 1.29 is 19.1 Å². The summed E-state index contributed by atoms with van der Waals surface area (Å²) in [6.45, 7) is 2.11. The largest absolute Gasteiger partial charge is 0.493 e. The van der Waals surface area contributed by atoms with E-state index in [2.05, 4.69) is 10.9 Å². The molecule has 8 nitrogen and oxygen atoms in total. The van der Waals surface area contributed by atoms with E-state index in [1.807, 2.05) is 46.2 Å². The second-order valence-corrected chi connectivity index (χ2v) is 8.69. The van der Waals surface area contributed by atoms with Crippen molar-refractivity contribution in [3.63, 3.8) is 0 Å². The fraction of sp³-hybridized carbons (Fsp3) is 0.417. The molecule has 0 aliphatic carbocycles. The number of benzene rings is 2. The quantitative estimate of drug-likeness (QED) is 0.670. The van der Waals surface area contributed by atoms with Crippen LogP contribution in [0.4, 0.5) is 0 Å². The number of hydrazine groups is 1. The first kappa shape index (κ1) is 23.4. The van der Waals surface area contributed by atoms with Crippen LogP contribution in [0.15, 0.2) is 42.5 Å². The van der Waals surface area contributed by atoms with Crippen molar-refractivity contribution >= 4 is 23.4 Å². The van der Waals surface area contributed by atoms with Crippen LogP contribution in [0.2, 0.25) is 5.02 Å². The third-order valence-corrected chi connectivity index (χ3v) is 6.47. The Labute approximate surface area is 198 Å². The van der Waals surface area contributed by atoms with Crippen LogP contribution >= 0.6 is 11.6 Å². The zero-order chi connectivity index (χ0) is 23.4. The predicted octanol–water partition coefficient (Wildman–Crippen LogP) is 2.18. The Morgan fingerprint density at radius 1 is 0.939 bits per heavy atom. The van der Waals surface area contributed by atoms with Gasteiger partial charge in [-0.3, -0.25) is 9.59 Å². The highest BCUT2D eigenvalue weighted by Gasteiger charge is 2.34. The second kappa shape index (κ2) is 10.4. The van der Waals surface area contributed by atoms with E-state index in [4.69, 9.17) is 21.1 Å². The van der Waals surface area contributed by atoms with Gasteiger partial charge >= 0.3 is 0 Å². The highest BCUT2D eigenvalue weighted by molar-refractivity contribution is 6.30. The molecule has 0 aromatic heterocycles. The molecule has 0 radical (unpaired) electrons. The van der Waals surface area contributed by atoms with E-state index >= 15 is 0 Å². The van der Waals surface area contributed by atoms with Gasteiger partial charge in [0.05, 0.1) is 20.6 Å². The monoisotopic (exact) mass is 472 g/mol. The Bertz CT molecular complexity index is 992. The molecule has 2 aromatic rings. The van der Waals surface area contributed by atoms with Gasteiger partial charge in [0, 0.05) is 37.2 Å². The lowest BCUT2D eigenvalue weighted by Crippen LogP contribution is -2.54. The third-order valence-electron chi connectivity index (χ3n) is 6.22. The minimum Gasteiger partial charge on any atom is -0.493 e. The maximum atomic E-state index is 13.0. The van der Waals surface area contributed by atoms with Gasteiger partial charge in [-0.15, -0.1) is 0 Å². The smallest absolute Gasteiger partial charge is 0.241 e. The number of carbonyl (C=O) groups excluding carboxylic acids is 2. The van der Waals surface area contributed by atoms with E-state index in [0.29, 0.717) is 49.1 Å². The minimum atomic E-state index is -0.292. The average Bonchev–Trinajstić information content (AvgIpc) is 3.34. The molecule has 4 rings (SSSR count). The van der Waals surface area contributed by atoms with E-state index < -0.39 is 0 Å². The molecule has 2 aliphatic rings. The summed E-state index contributed by atoms with van der Waals surface area (Å²) in [5.41, 5.74) is 8.29. The number of halogens is 1. The summed E-state index contributed by atoms with van der Waals surface area (Å²) in [5.74, 6) is 1.34. The number of methoxy groups -OCH3 is 2. The van der Waals surface area contributed by atoms with Crippen LogP contribution in [0.3, 0.4) is 0 Å². The molecule has 33 heavy (non-hydrogen) atoms. The van der Waals surface area contributed by atoms with Gasteiger partial charge in [0.15, 0.2) is 11.5 Å². The molecule has 2 heterocycles. The molecule has 9 heteroatoms. The fourth-order valence-corrected chi connectivity index (χ4v) is 4.43. The van der Waals surface area contributed by atoms with Crippen molar-refractivity contribution in [1.82, 2.24) is 20.7 Å². The van der Waals surface area contributed by atoms with Crippen LogP contribution in [-0.4, -0.2) is 68.1 Å². The molecular weight excluding hydrogens is 444 g/mol. The Morgan fingerprint density at radius 3 is 2.27 bits per heavy atom. The zero-order valence-corrected chi connectivity index (χ0v) is 19.6. The number of amides is 2. The van der Waals surface area contributed by atoms with E-state index in [9.17, 15) is 9.59 Å². The summed E-state index contributed by atoms with van der Waals surface area (Å²) < 4.78 is 10.6. The van der Waals surface area contributed by atoms with Crippen LogP contribution in [0.5, 0.6) is 11.5 Å². The molecule has 2 saturated heterocycles. The number of hydrogen-bond acceptors (Lipinski definition) is 6. The maximum absolute atomic E-state index is 13.0. The highest BCUT2D eigenvalue weighted by atomic mass is 35.5. The molecule has 2 unspecified atom stereocenters. The number of nitrogens with zero attached hydrogens (tertiary/aromatic N) is 2. The van der Waals surface area contributed by atoms with Crippen LogP contribution in [-0.2, 0) is 16.0 Å². The van der Waals surface area contributed by atoms with Crippen LogP contribution < -0.4 is 20.3 Å². The number of piperazine rings is 1. The Balaban J connectivity index is 1.27. The van der Waals surface area contributed by atoms with E-state index in [1.165, 1.54) is 0 Å². The van der Waals surface area contributed by atoms with Gasteiger partial charge in [0.1, 0.15) is 6.04 Å². The molecule has 2 N–H and O–H groups in total. The van der Waals surface area contributed by atoms with Gasteiger partial charge in [-0.1, -0.05) is 29.8 Å². The normalized spacial score (nSPS) is 20.6. The fourth-order valence-electron chi connectivity index (χ4n) is 4.31. The van der Waals surface area contributed by atoms with E-state index in [0.717, 1.165) is 11.1 Å². The summed E-state index contributed by atoms with van der Waals surface area (Å²) >= 11 is 5.97. The number of rotatable bonds is 6. The maximum Gasteiger partial charge on any atom is 0.241 e. The van der Waals surface area contributed by atoms with Crippen LogP contribution in [0.1, 0.15) is 23.6 Å². The van der Waals surface area contributed by atoms with Crippen LogP contribution in [0.25, 0.3) is 0 Å². The van der Waals surface area contributed by atoms with Gasteiger partial charge in [-0.05, 0) is 41.8 Å². The van der Waals surface area contributed by atoms with Crippen molar-refractivity contribution in [1.29, 1.82) is 0 Å². The van der Waals surface area contributed by atoms with Crippen molar-refractivity contribution in [2.75, 3.05) is 40.4 Å². The minimum absolute atomic E-state index is 0.0396. The first-order valence-electron chi connectivity index (χ1n) is 11.0. The second-order valence-electron chi connectivity index (χ2n) is 8.25. The molecule has 0 spiro atoms. The predicted molar refractivity (Wildman–Crippen MR) is 125 cm³/mol. The molecule has 2 atom stereocenters.